The van der Waals surface area contributed by atoms with Crippen LogP contribution in [-0.2, 0) is 11.2 Å². The van der Waals surface area contributed by atoms with Crippen LogP contribution in [0.1, 0.15) is 19.4 Å². The van der Waals surface area contributed by atoms with Gasteiger partial charge in [-0.3, -0.25) is 4.79 Å². The van der Waals surface area contributed by atoms with Crippen molar-refractivity contribution in [2.75, 3.05) is 13.1 Å². The summed E-state index contributed by atoms with van der Waals surface area (Å²) < 4.78 is 0. The van der Waals surface area contributed by atoms with Gasteiger partial charge in [-0.1, -0.05) is 23.7 Å². The summed E-state index contributed by atoms with van der Waals surface area (Å²) in [5, 5.41) is 3.30. The van der Waals surface area contributed by atoms with Crippen LogP contribution in [0, 0.1) is 0 Å². The molecular formula is C14H18ClN2O2. The van der Waals surface area contributed by atoms with Gasteiger partial charge in [0.25, 0.3) is 0 Å². The lowest BCUT2D eigenvalue weighted by molar-refractivity contribution is 0.201. The molecule has 1 unspecified atom stereocenters. The van der Waals surface area contributed by atoms with E-state index < -0.39 is 6.04 Å². The van der Waals surface area contributed by atoms with E-state index >= 15 is 0 Å². The molecule has 2 amide bonds. The van der Waals surface area contributed by atoms with Gasteiger partial charge in [0.2, 0.25) is 6.29 Å². The molecule has 0 aromatic heterocycles. The predicted molar refractivity (Wildman–Crippen MR) is 76.1 cm³/mol. The van der Waals surface area contributed by atoms with E-state index in [1.807, 2.05) is 32.3 Å². The van der Waals surface area contributed by atoms with Gasteiger partial charge in [-0.05, 0) is 31.5 Å². The third-order valence-electron chi connectivity index (χ3n) is 2.84. The summed E-state index contributed by atoms with van der Waals surface area (Å²) in [5.41, 5.74) is 0.928. The molecule has 0 fully saturated rings. The van der Waals surface area contributed by atoms with Gasteiger partial charge < -0.3 is 10.2 Å². The predicted octanol–water partition coefficient (Wildman–Crippen LogP) is 2.41. The van der Waals surface area contributed by atoms with Gasteiger partial charge in [0.05, 0.1) is 0 Å². The average Bonchev–Trinajstić information content (AvgIpc) is 2.41. The van der Waals surface area contributed by atoms with E-state index in [1.165, 1.54) is 0 Å². The summed E-state index contributed by atoms with van der Waals surface area (Å²) in [5.74, 6) is 0. The maximum absolute atomic E-state index is 11.8. The van der Waals surface area contributed by atoms with Crippen molar-refractivity contribution in [2.45, 2.75) is 26.3 Å². The van der Waals surface area contributed by atoms with Crippen molar-refractivity contribution in [3.63, 3.8) is 0 Å². The van der Waals surface area contributed by atoms with Crippen LogP contribution in [-0.4, -0.2) is 36.3 Å². The molecule has 1 aromatic carbocycles. The highest BCUT2D eigenvalue weighted by Crippen LogP contribution is 2.10. The Morgan fingerprint density at radius 3 is 2.37 bits per heavy atom. The van der Waals surface area contributed by atoms with E-state index in [0.717, 1.165) is 5.56 Å². The molecule has 103 valence electrons. The minimum absolute atomic E-state index is 0.243. The molecule has 4 nitrogen and oxygen atoms in total. The molecule has 1 aromatic rings. The van der Waals surface area contributed by atoms with Crippen molar-refractivity contribution in [1.82, 2.24) is 10.2 Å². The Balaban J connectivity index is 2.61. The average molecular weight is 282 g/mol. The molecule has 1 radical (unpaired) electrons. The summed E-state index contributed by atoms with van der Waals surface area (Å²) in [6.45, 7) is 4.99. The highest BCUT2D eigenvalue weighted by molar-refractivity contribution is 6.30. The van der Waals surface area contributed by atoms with Gasteiger partial charge >= 0.3 is 6.03 Å². The van der Waals surface area contributed by atoms with Gasteiger partial charge in [-0.25, -0.2) is 4.79 Å². The summed E-state index contributed by atoms with van der Waals surface area (Å²) in [6, 6.07) is 6.28. The number of urea groups is 1. The number of carbonyl (C=O) groups excluding carboxylic acids is 2. The third-order valence-corrected chi connectivity index (χ3v) is 3.10. The second-order valence-corrected chi connectivity index (χ2v) is 4.56. The second kappa shape index (κ2) is 7.79. The first-order valence-corrected chi connectivity index (χ1v) is 6.66. The molecule has 0 aliphatic carbocycles. The van der Waals surface area contributed by atoms with Crippen LogP contribution < -0.4 is 5.32 Å². The molecule has 0 spiro atoms. The summed E-state index contributed by atoms with van der Waals surface area (Å²) in [4.78, 5) is 24.4. The van der Waals surface area contributed by atoms with E-state index in [4.69, 9.17) is 11.6 Å². The van der Waals surface area contributed by atoms with Gasteiger partial charge in [0, 0.05) is 24.5 Å². The van der Waals surface area contributed by atoms with Crippen molar-refractivity contribution in [3.05, 3.63) is 34.9 Å². The number of hydrogen-bond acceptors (Lipinski definition) is 2. The van der Waals surface area contributed by atoms with E-state index in [0.29, 0.717) is 24.5 Å². The maximum atomic E-state index is 11.8. The number of nitrogens with zero attached hydrogens (tertiary/aromatic N) is 1. The molecule has 0 aliphatic rings. The minimum Gasteiger partial charge on any atom is -0.327 e. The van der Waals surface area contributed by atoms with Gasteiger partial charge in [0.1, 0.15) is 6.04 Å². The molecule has 1 rings (SSSR count). The van der Waals surface area contributed by atoms with Crippen molar-refractivity contribution >= 4 is 23.9 Å². The second-order valence-electron chi connectivity index (χ2n) is 4.12. The molecule has 0 saturated carbocycles. The normalized spacial score (nSPS) is 11.7. The third kappa shape index (κ3) is 4.91. The van der Waals surface area contributed by atoms with Crippen molar-refractivity contribution in [3.8, 4) is 0 Å². The monoisotopic (exact) mass is 281 g/mol. The molecule has 0 heterocycles. The standard InChI is InChI=1S/C14H18ClN2O2/c1-3-17(4-2)14(19)16-13(10-18)9-11-5-7-12(15)8-6-11/h5-8,13H,3-4,9H2,1-2H3,(H,16,19). The zero-order valence-electron chi connectivity index (χ0n) is 11.1. The minimum atomic E-state index is -0.644. The molecule has 5 heteroatoms. The number of benzene rings is 1. The highest BCUT2D eigenvalue weighted by atomic mass is 35.5. The van der Waals surface area contributed by atoms with Crippen molar-refractivity contribution < 1.29 is 9.59 Å². The summed E-state index contributed by atoms with van der Waals surface area (Å²) in [6.07, 6.45) is 2.27. The van der Waals surface area contributed by atoms with Crippen LogP contribution in [0.3, 0.4) is 0 Å². The fraction of sp³-hybridized carbons (Fsp3) is 0.429. The lowest BCUT2D eigenvalue weighted by Gasteiger charge is -2.21. The number of halogens is 1. The van der Waals surface area contributed by atoms with Crippen LogP contribution in [0.5, 0.6) is 0 Å². The first-order valence-electron chi connectivity index (χ1n) is 6.28. The molecule has 0 aliphatic heterocycles. The smallest absolute Gasteiger partial charge is 0.317 e. The van der Waals surface area contributed by atoms with E-state index in [2.05, 4.69) is 5.32 Å². The Labute approximate surface area is 118 Å². The maximum Gasteiger partial charge on any atom is 0.317 e. The van der Waals surface area contributed by atoms with Crippen molar-refractivity contribution in [1.29, 1.82) is 0 Å². The van der Waals surface area contributed by atoms with Gasteiger partial charge in [-0.15, -0.1) is 0 Å². The molecule has 0 saturated heterocycles. The molecule has 0 bridgehead atoms. The van der Waals surface area contributed by atoms with Crippen LogP contribution in [0.15, 0.2) is 24.3 Å². The Morgan fingerprint density at radius 2 is 1.89 bits per heavy atom. The lowest BCUT2D eigenvalue weighted by Crippen LogP contribution is -2.46. The van der Waals surface area contributed by atoms with Gasteiger partial charge in [-0.2, -0.15) is 0 Å². The first kappa shape index (κ1) is 15.5. The Kier molecular flexibility index (Phi) is 6.36. The number of rotatable bonds is 6. The number of nitrogens with one attached hydrogen (secondary N) is 1. The Morgan fingerprint density at radius 1 is 1.32 bits per heavy atom. The SMILES string of the molecule is CCN(CC)C(=O)NC([C]=O)Cc1ccc(Cl)cc1. The molecular weight excluding hydrogens is 264 g/mol. The molecule has 19 heavy (non-hydrogen) atoms. The fourth-order valence-corrected chi connectivity index (χ4v) is 1.86. The number of amides is 2. The van der Waals surface area contributed by atoms with Crippen LogP contribution >= 0.6 is 11.6 Å². The van der Waals surface area contributed by atoms with E-state index in [1.54, 1.807) is 17.0 Å². The largest absolute Gasteiger partial charge is 0.327 e. The number of carbonyl (C=O) groups is 1. The Bertz CT molecular complexity index is 416. The van der Waals surface area contributed by atoms with Crippen LogP contribution in [0.4, 0.5) is 4.79 Å². The number of hydrogen-bond donors (Lipinski definition) is 1. The molecule has 1 atom stereocenters. The van der Waals surface area contributed by atoms with E-state index in [9.17, 15) is 9.59 Å². The quantitative estimate of drug-likeness (QED) is 0.870. The van der Waals surface area contributed by atoms with Crippen LogP contribution in [0.25, 0.3) is 0 Å². The summed E-state index contributed by atoms with van der Waals surface area (Å²) >= 11 is 5.79. The van der Waals surface area contributed by atoms with Gasteiger partial charge in [0.15, 0.2) is 0 Å². The van der Waals surface area contributed by atoms with E-state index in [-0.39, 0.29) is 6.03 Å². The zero-order valence-corrected chi connectivity index (χ0v) is 11.9. The summed E-state index contributed by atoms with van der Waals surface area (Å²) in [7, 11) is 0. The zero-order chi connectivity index (χ0) is 14.3. The Hall–Kier alpha value is -1.55. The fourth-order valence-electron chi connectivity index (χ4n) is 1.73. The topological polar surface area (TPSA) is 49.4 Å². The van der Waals surface area contributed by atoms with Crippen LogP contribution in [0.2, 0.25) is 5.02 Å². The first-order chi connectivity index (χ1) is 9.10. The van der Waals surface area contributed by atoms with Crippen molar-refractivity contribution in [2.24, 2.45) is 0 Å². The lowest BCUT2D eigenvalue weighted by atomic mass is 10.1. The molecule has 1 N–H and O–H groups in total. The highest BCUT2D eigenvalue weighted by Gasteiger charge is 2.16.